The maximum absolute atomic E-state index is 12.3. The summed E-state index contributed by atoms with van der Waals surface area (Å²) in [6.45, 7) is 3.61. The Hall–Kier alpha value is -2.57. The Morgan fingerprint density at radius 3 is 2.79 bits per heavy atom. The van der Waals surface area contributed by atoms with Crippen LogP contribution < -0.4 is 15.5 Å². The lowest BCUT2D eigenvalue weighted by molar-refractivity contribution is 0.0958. The quantitative estimate of drug-likeness (QED) is 0.762. The molecule has 28 heavy (non-hydrogen) atoms. The molecular formula is C22H26N4O2. The lowest BCUT2D eigenvalue weighted by Crippen LogP contribution is -2.33. The molecule has 0 bridgehead atoms. The average Bonchev–Trinajstić information content (AvgIpc) is 3.28. The standard InChI is InChI=1S/C22H26N4O2/c27-14-17-3-2-11-25(17)13-15-6-8-16(9-7-15)21-24-19-5-1-4-18-20(19)26(21)12-10-23-22(18)28/h1,4-9,17,21,24,27H,2-3,10-14H2,(H,23,28)/t17-,21?/m0/s1. The van der Waals surface area contributed by atoms with E-state index in [-0.39, 0.29) is 18.7 Å². The molecule has 6 nitrogen and oxygen atoms in total. The Labute approximate surface area is 165 Å². The number of carbonyl (C=O) groups excluding carboxylic acids is 1. The molecule has 3 heterocycles. The molecule has 6 heteroatoms. The summed E-state index contributed by atoms with van der Waals surface area (Å²) in [5.41, 5.74) is 5.24. The van der Waals surface area contributed by atoms with Crippen LogP contribution in [-0.4, -0.2) is 48.2 Å². The van der Waals surface area contributed by atoms with Crippen molar-refractivity contribution >= 4 is 17.3 Å². The summed E-state index contributed by atoms with van der Waals surface area (Å²) >= 11 is 0. The number of hydrogen-bond donors (Lipinski definition) is 3. The monoisotopic (exact) mass is 378 g/mol. The Bertz CT molecular complexity index is 883. The first-order chi connectivity index (χ1) is 13.7. The zero-order valence-corrected chi connectivity index (χ0v) is 15.9. The van der Waals surface area contributed by atoms with Gasteiger partial charge in [0.1, 0.15) is 6.17 Å². The van der Waals surface area contributed by atoms with Crippen LogP contribution in [0.25, 0.3) is 0 Å². The fourth-order valence-electron chi connectivity index (χ4n) is 4.75. The second-order valence-corrected chi connectivity index (χ2v) is 7.89. The molecule has 1 amide bonds. The summed E-state index contributed by atoms with van der Waals surface area (Å²) in [6.07, 6.45) is 2.29. The molecule has 0 aliphatic carbocycles. The van der Waals surface area contributed by atoms with E-state index in [9.17, 15) is 9.90 Å². The molecule has 1 fully saturated rings. The third-order valence-corrected chi connectivity index (χ3v) is 6.20. The molecule has 5 rings (SSSR count). The number of nitrogens with zero attached hydrogens (tertiary/aromatic N) is 2. The summed E-state index contributed by atoms with van der Waals surface area (Å²) in [7, 11) is 0. The lowest BCUT2D eigenvalue weighted by Gasteiger charge is -2.27. The zero-order chi connectivity index (χ0) is 19.1. The van der Waals surface area contributed by atoms with Gasteiger partial charge in [-0.05, 0) is 42.6 Å². The van der Waals surface area contributed by atoms with Gasteiger partial charge in [0.25, 0.3) is 5.91 Å². The molecule has 0 spiro atoms. The molecule has 2 atom stereocenters. The van der Waals surface area contributed by atoms with Crippen LogP contribution in [0.1, 0.15) is 40.5 Å². The SMILES string of the molecule is O=C1NCCN2c3c(cccc31)NC2c1ccc(CN2CCC[C@H]2CO)cc1. The van der Waals surface area contributed by atoms with E-state index < -0.39 is 0 Å². The largest absolute Gasteiger partial charge is 0.395 e. The van der Waals surface area contributed by atoms with Crippen molar-refractivity contribution in [1.82, 2.24) is 10.2 Å². The van der Waals surface area contributed by atoms with Gasteiger partial charge in [0, 0.05) is 25.7 Å². The second kappa shape index (κ2) is 7.11. The molecule has 1 saturated heterocycles. The topological polar surface area (TPSA) is 67.8 Å². The minimum atomic E-state index is 0.00111. The van der Waals surface area contributed by atoms with E-state index in [1.165, 1.54) is 11.1 Å². The number of anilines is 2. The Kier molecular flexibility index (Phi) is 4.45. The van der Waals surface area contributed by atoms with E-state index in [2.05, 4.69) is 44.7 Å². The van der Waals surface area contributed by atoms with Gasteiger partial charge in [-0.1, -0.05) is 30.3 Å². The summed E-state index contributed by atoms with van der Waals surface area (Å²) in [4.78, 5) is 17.0. The van der Waals surface area contributed by atoms with Gasteiger partial charge in [-0.25, -0.2) is 0 Å². The Balaban J connectivity index is 1.38. The van der Waals surface area contributed by atoms with Crippen molar-refractivity contribution in [2.75, 3.05) is 36.5 Å². The van der Waals surface area contributed by atoms with Crippen molar-refractivity contribution in [1.29, 1.82) is 0 Å². The van der Waals surface area contributed by atoms with Crippen molar-refractivity contribution in [2.24, 2.45) is 0 Å². The molecule has 3 aliphatic heterocycles. The molecule has 3 aliphatic rings. The molecule has 1 unspecified atom stereocenters. The van der Waals surface area contributed by atoms with E-state index in [0.717, 1.165) is 49.4 Å². The fourth-order valence-corrected chi connectivity index (χ4v) is 4.75. The molecule has 146 valence electrons. The zero-order valence-electron chi connectivity index (χ0n) is 15.9. The highest BCUT2D eigenvalue weighted by atomic mass is 16.3. The van der Waals surface area contributed by atoms with E-state index in [1.807, 2.05) is 18.2 Å². The number of aliphatic hydroxyl groups excluding tert-OH is 1. The normalized spacial score (nSPS) is 23.9. The van der Waals surface area contributed by atoms with Gasteiger partial charge in [0.05, 0.1) is 23.5 Å². The number of likely N-dealkylation sites (tertiary alicyclic amines) is 1. The smallest absolute Gasteiger partial charge is 0.253 e. The number of hydrogen-bond acceptors (Lipinski definition) is 5. The predicted molar refractivity (Wildman–Crippen MR) is 109 cm³/mol. The highest BCUT2D eigenvalue weighted by molar-refractivity contribution is 6.04. The second-order valence-electron chi connectivity index (χ2n) is 7.89. The molecule has 2 aromatic rings. The van der Waals surface area contributed by atoms with Gasteiger partial charge in [0.2, 0.25) is 0 Å². The number of aliphatic hydroxyl groups is 1. The van der Waals surface area contributed by atoms with Gasteiger partial charge in [-0.15, -0.1) is 0 Å². The number of benzene rings is 2. The molecule has 2 aromatic carbocycles. The highest BCUT2D eigenvalue weighted by Crippen LogP contribution is 2.43. The number of amides is 1. The summed E-state index contributed by atoms with van der Waals surface area (Å²) in [6, 6.07) is 14.9. The number of para-hydroxylation sites is 1. The van der Waals surface area contributed by atoms with Gasteiger partial charge < -0.3 is 20.6 Å². The maximum Gasteiger partial charge on any atom is 0.253 e. The van der Waals surface area contributed by atoms with Crippen molar-refractivity contribution in [3.05, 3.63) is 59.2 Å². The summed E-state index contributed by atoms with van der Waals surface area (Å²) in [5.74, 6) is 0.00111. The Morgan fingerprint density at radius 1 is 1.11 bits per heavy atom. The van der Waals surface area contributed by atoms with Crippen LogP contribution in [0.2, 0.25) is 0 Å². The average molecular weight is 378 g/mol. The molecule has 0 radical (unpaired) electrons. The van der Waals surface area contributed by atoms with Crippen LogP contribution in [0.5, 0.6) is 0 Å². The van der Waals surface area contributed by atoms with Gasteiger partial charge in [0.15, 0.2) is 0 Å². The number of rotatable bonds is 4. The molecule has 3 N–H and O–H groups in total. The fraction of sp³-hybridized carbons (Fsp3) is 0.409. The van der Waals surface area contributed by atoms with Gasteiger partial charge in [-0.3, -0.25) is 9.69 Å². The van der Waals surface area contributed by atoms with Crippen LogP contribution >= 0.6 is 0 Å². The van der Waals surface area contributed by atoms with Crippen LogP contribution in [0.15, 0.2) is 42.5 Å². The van der Waals surface area contributed by atoms with Crippen molar-refractivity contribution in [3.8, 4) is 0 Å². The van der Waals surface area contributed by atoms with Crippen LogP contribution in [0.3, 0.4) is 0 Å². The lowest BCUT2D eigenvalue weighted by atomic mass is 10.1. The van der Waals surface area contributed by atoms with Crippen LogP contribution in [0.4, 0.5) is 11.4 Å². The first kappa shape index (κ1) is 17.5. The van der Waals surface area contributed by atoms with E-state index in [1.54, 1.807) is 0 Å². The molecular weight excluding hydrogens is 352 g/mol. The van der Waals surface area contributed by atoms with Gasteiger partial charge >= 0.3 is 0 Å². The molecule has 0 saturated carbocycles. The first-order valence-electron chi connectivity index (χ1n) is 10.1. The van der Waals surface area contributed by atoms with E-state index in [0.29, 0.717) is 12.6 Å². The minimum Gasteiger partial charge on any atom is -0.395 e. The number of nitrogens with one attached hydrogen (secondary N) is 2. The van der Waals surface area contributed by atoms with Crippen LogP contribution in [-0.2, 0) is 6.54 Å². The van der Waals surface area contributed by atoms with E-state index >= 15 is 0 Å². The van der Waals surface area contributed by atoms with Gasteiger partial charge in [-0.2, -0.15) is 0 Å². The third kappa shape index (κ3) is 2.93. The maximum atomic E-state index is 12.3. The highest BCUT2D eigenvalue weighted by Gasteiger charge is 2.35. The minimum absolute atomic E-state index is 0.00111. The third-order valence-electron chi connectivity index (χ3n) is 6.20. The van der Waals surface area contributed by atoms with Crippen molar-refractivity contribution in [3.63, 3.8) is 0 Å². The summed E-state index contributed by atoms with van der Waals surface area (Å²) in [5, 5.41) is 16.1. The predicted octanol–water partition coefficient (Wildman–Crippen LogP) is 2.32. The van der Waals surface area contributed by atoms with Crippen LogP contribution in [0, 0.1) is 0 Å². The summed E-state index contributed by atoms with van der Waals surface area (Å²) < 4.78 is 0. The van der Waals surface area contributed by atoms with Crippen molar-refractivity contribution in [2.45, 2.75) is 31.6 Å². The van der Waals surface area contributed by atoms with E-state index in [4.69, 9.17) is 0 Å². The Morgan fingerprint density at radius 2 is 1.96 bits per heavy atom. The molecule has 0 aromatic heterocycles. The van der Waals surface area contributed by atoms with Crippen molar-refractivity contribution < 1.29 is 9.90 Å². The first-order valence-corrected chi connectivity index (χ1v) is 10.1. The number of carbonyl (C=O) groups is 1.